The van der Waals surface area contributed by atoms with Crippen molar-refractivity contribution >= 4 is 0 Å². The van der Waals surface area contributed by atoms with Gasteiger partial charge in [-0.25, -0.2) is 0 Å². The highest BCUT2D eigenvalue weighted by molar-refractivity contribution is 4.68. The lowest BCUT2D eigenvalue weighted by molar-refractivity contribution is 0.0862. The molecule has 1 rings (SSSR count). The van der Waals surface area contributed by atoms with Gasteiger partial charge in [0, 0.05) is 19.8 Å². The van der Waals surface area contributed by atoms with Gasteiger partial charge in [0.2, 0.25) is 6.23 Å². The molecule has 0 bridgehead atoms. The van der Waals surface area contributed by atoms with Crippen molar-refractivity contribution in [3.05, 3.63) is 0 Å². The maximum atomic E-state index is 9.23. The van der Waals surface area contributed by atoms with Crippen molar-refractivity contribution in [3.63, 3.8) is 0 Å². The lowest BCUT2D eigenvalue weighted by Gasteiger charge is -2.11. The highest BCUT2D eigenvalue weighted by atomic mass is 16.3. The van der Waals surface area contributed by atoms with Crippen molar-refractivity contribution in [1.82, 2.24) is 4.90 Å². The summed E-state index contributed by atoms with van der Waals surface area (Å²) in [4.78, 5) is 2.15. The fourth-order valence-corrected chi connectivity index (χ4v) is 1.47. The fourth-order valence-electron chi connectivity index (χ4n) is 1.47. The van der Waals surface area contributed by atoms with E-state index in [1.165, 1.54) is 25.7 Å². The summed E-state index contributed by atoms with van der Waals surface area (Å²) < 4.78 is 0. The summed E-state index contributed by atoms with van der Waals surface area (Å²) in [5.41, 5.74) is 0. The van der Waals surface area contributed by atoms with Gasteiger partial charge >= 0.3 is 0 Å². The van der Waals surface area contributed by atoms with Gasteiger partial charge in [0.05, 0.1) is 0 Å². The average molecular weight is 143 g/mol. The Balaban J connectivity index is 2.28. The Labute approximate surface area is 62.8 Å². The zero-order valence-corrected chi connectivity index (χ0v) is 6.71. The minimum atomic E-state index is -0.238. The molecular formula is C8H17NO+. The third-order valence-corrected chi connectivity index (χ3v) is 2.17. The molecule has 1 heterocycles. The number of aliphatic hydroxyl groups is 1. The molecule has 1 N–H and O–H groups in total. The Morgan fingerprint density at radius 1 is 1.10 bits per heavy atom. The van der Waals surface area contributed by atoms with Gasteiger partial charge < -0.3 is 5.11 Å². The largest absolute Gasteiger partial charge is 0.341 e. The Kier molecular flexibility index (Phi) is 3.16. The summed E-state index contributed by atoms with van der Waals surface area (Å²) in [6, 6.07) is 0. The first-order chi connectivity index (χ1) is 4.80. The highest BCUT2D eigenvalue weighted by Gasteiger charge is 2.21. The molecule has 0 aromatic carbocycles. The molecule has 1 aliphatic heterocycles. The van der Waals surface area contributed by atoms with Crippen LogP contribution in [0.15, 0.2) is 0 Å². The molecule has 1 radical (unpaired) electrons. The Morgan fingerprint density at radius 2 is 1.60 bits per heavy atom. The van der Waals surface area contributed by atoms with Crippen LogP contribution in [0.2, 0.25) is 0 Å². The topological polar surface area (TPSA) is 26.1 Å². The summed E-state index contributed by atoms with van der Waals surface area (Å²) in [6.07, 6.45) is 4.94. The van der Waals surface area contributed by atoms with Crippen molar-refractivity contribution in [2.24, 2.45) is 0 Å². The normalized spacial score (nSPS) is 25.8. The Hall–Kier alpha value is -0.0800. The fraction of sp³-hybridized carbons (Fsp3) is 1.00. The van der Waals surface area contributed by atoms with E-state index in [0.29, 0.717) is 0 Å². The summed E-state index contributed by atoms with van der Waals surface area (Å²) in [5.74, 6) is 0. The van der Waals surface area contributed by atoms with E-state index in [2.05, 4.69) is 4.90 Å². The molecule has 0 aliphatic carbocycles. The van der Waals surface area contributed by atoms with E-state index in [0.717, 1.165) is 13.1 Å². The molecule has 59 valence electrons. The van der Waals surface area contributed by atoms with Gasteiger partial charge in [-0.1, -0.05) is 0 Å². The Morgan fingerprint density at radius 3 is 2.00 bits per heavy atom. The third-order valence-electron chi connectivity index (χ3n) is 2.17. The van der Waals surface area contributed by atoms with Gasteiger partial charge in [0.1, 0.15) is 13.1 Å². The average Bonchev–Trinajstić information content (AvgIpc) is 2.12. The van der Waals surface area contributed by atoms with Gasteiger partial charge in [0.15, 0.2) is 0 Å². The van der Waals surface area contributed by atoms with Crippen molar-refractivity contribution in [3.8, 4) is 0 Å². The summed E-state index contributed by atoms with van der Waals surface area (Å²) in [7, 11) is 0. The van der Waals surface area contributed by atoms with Crippen LogP contribution in [-0.4, -0.2) is 24.4 Å². The number of hydrogen-bond acceptors (Lipinski definition) is 2. The van der Waals surface area contributed by atoms with E-state index < -0.39 is 0 Å². The summed E-state index contributed by atoms with van der Waals surface area (Å²) in [5, 5.41) is 9.23. The Bertz CT molecular complexity index is 85.3. The van der Waals surface area contributed by atoms with E-state index in [4.69, 9.17) is 0 Å². The standard InChI is InChI=1S/C8H17NO/c1-8(10)9-6-4-2-3-5-7-9/h8,10H,2-7H2,1H3/q+1. The SMILES string of the molecule is CC(O)[N+]1CCCCCC1. The molecule has 0 aromatic rings. The smallest absolute Gasteiger partial charge is 0.231 e. The molecule has 2 heteroatoms. The first kappa shape index (κ1) is 8.02. The second-order valence-electron chi connectivity index (χ2n) is 3.08. The van der Waals surface area contributed by atoms with Crippen molar-refractivity contribution < 1.29 is 5.11 Å². The molecule has 1 fully saturated rings. The molecule has 1 atom stereocenters. The maximum absolute atomic E-state index is 9.23. The minimum Gasteiger partial charge on any atom is -0.341 e. The molecule has 0 amide bonds. The number of rotatable bonds is 1. The van der Waals surface area contributed by atoms with Crippen molar-refractivity contribution in [2.45, 2.75) is 38.8 Å². The number of likely N-dealkylation sites (tertiary alicyclic amines) is 1. The van der Waals surface area contributed by atoms with Gasteiger partial charge in [0.25, 0.3) is 0 Å². The molecule has 0 saturated carbocycles. The van der Waals surface area contributed by atoms with Crippen molar-refractivity contribution in [1.29, 1.82) is 0 Å². The highest BCUT2D eigenvalue weighted by Crippen LogP contribution is 2.08. The second kappa shape index (κ2) is 3.94. The molecule has 1 aliphatic rings. The first-order valence-corrected chi connectivity index (χ1v) is 4.23. The zero-order valence-electron chi connectivity index (χ0n) is 6.71. The molecule has 10 heavy (non-hydrogen) atoms. The van der Waals surface area contributed by atoms with E-state index >= 15 is 0 Å². The van der Waals surface area contributed by atoms with Crippen LogP contribution in [0.5, 0.6) is 0 Å². The van der Waals surface area contributed by atoms with Crippen LogP contribution >= 0.6 is 0 Å². The van der Waals surface area contributed by atoms with Crippen molar-refractivity contribution in [2.75, 3.05) is 13.1 Å². The van der Waals surface area contributed by atoms with E-state index in [-0.39, 0.29) is 6.23 Å². The molecule has 2 nitrogen and oxygen atoms in total. The third kappa shape index (κ3) is 2.27. The first-order valence-electron chi connectivity index (χ1n) is 4.23. The number of aliphatic hydroxyl groups excluding tert-OH is 1. The lowest BCUT2D eigenvalue weighted by Crippen LogP contribution is -2.39. The predicted octanol–water partition coefficient (Wildman–Crippen LogP) is 1.04. The van der Waals surface area contributed by atoms with Crippen LogP contribution < -0.4 is 4.90 Å². The van der Waals surface area contributed by atoms with Crippen LogP contribution in [0.4, 0.5) is 0 Å². The van der Waals surface area contributed by atoms with E-state index in [9.17, 15) is 5.11 Å². The van der Waals surface area contributed by atoms with Gasteiger partial charge in [-0.2, -0.15) is 0 Å². The maximum Gasteiger partial charge on any atom is 0.231 e. The molecule has 1 unspecified atom stereocenters. The van der Waals surface area contributed by atoms with Crippen LogP contribution in [0.25, 0.3) is 0 Å². The predicted molar refractivity (Wildman–Crippen MR) is 42.0 cm³/mol. The molecule has 0 spiro atoms. The minimum absolute atomic E-state index is 0.238. The summed E-state index contributed by atoms with van der Waals surface area (Å²) >= 11 is 0. The van der Waals surface area contributed by atoms with Crippen LogP contribution in [0.1, 0.15) is 32.6 Å². The summed E-state index contributed by atoms with van der Waals surface area (Å²) in [6.45, 7) is 4.01. The second-order valence-corrected chi connectivity index (χ2v) is 3.08. The quantitative estimate of drug-likeness (QED) is 0.545. The zero-order chi connectivity index (χ0) is 7.40. The van der Waals surface area contributed by atoms with Gasteiger partial charge in [-0.15, -0.1) is 4.90 Å². The van der Waals surface area contributed by atoms with Crippen LogP contribution in [0, 0.1) is 0 Å². The molecule has 0 aromatic heterocycles. The van der Waals surface area contributed by atoms with E-state index in [1.54, 1.807) is 0 Å². The van der Waals surface area contributed by atoms with Crippen LogP contribution in [-0.2, 0) is 0 Å². The van der Waals surface area contributed by atoms with E-state index in [1.807, 2.05) is 6.92 Å². The lowest BCUT2D eigenvalue weighted by atomic mass is 10.2. The van der Waals surface area contributed by atoms with Crippen LogP contribution in [0.3, 0.4) is 0 Å². The molecule has 1 saturated heterocycles. The number of nitrogens with zero attached hydrogens (tertiary/aromatic N) is 1. The van der Waals surface area contributed by atoms with Gasteiger partial charge in [-0.3, -0.25) is 0 Å². The van der Waals surface area contributed by atoms with Gasteiger partial charge in [-0.05, 0) is 12.8 Å². The number of hydrogen-bond donors (Lipinski definition) is 1. The monoisotopic (exact) mass is 143 g/mol. The molecular weight excluding hydrogens is 126 g/mol.